The molecule has 0 atom stereocenters. The third kappa shape index (κ3) is 3.97. The molecule has 0 saturated carbocycles. The number of benzene rings is 3. The van der Waals surface area contributed by atoms with E-state index in [1.807, 2.05) is 25.1 Å². The van der Waals surface area contributed by atoms with Crippen LogP contribution in [0.15, 0.2) is 86.6 Å². The number of nitro benzene ring substituents is 1. The number of para-hydroxylation sites is 1. The van der Waals surface area contributed by atoms with E-state index in [4.69, 9.17) is 8.83 Å². The molecule has 2 heterocycles. The second-order valence-corrected chi connectivity index (χ2v) is 7.43. The zero-order chi connectivity index (χ0) is 22.9. The first-order valence-electron chi connectivity index (χ1n) is 10.1. The van der Waals surface area contributed by atoms with Crippen LogP contribution in [0.4, 0.5) is 11.4 Å². The van der Waals surface area contributed by atoms with Crippen molar-refractivity contribution in [1.29, 1.82) is 0 Å². The molecule has 8 heteroatoms. The van der Waals surface area contributed by atoms with E-state index in [0.717, 1.165) is 5.56 Å². The van der Waals surface area contributed by atoms with Crippen molar-refractivity contribution in [2.75, 3.05) is 0 Å². The Labute approximate surface area is 187 Å². The maximum atomic E-state index is 11.3. The summed E-state index contributed by atoms with van der Waals surface area (Å²) >= 11 is 0. The number of rotatable bonds is 5. The molecule has 0 unspecified atom stereocenters. The number of hydrogen-bond donors (Lipinski definition) is 1. The first kappa shape index (κ1) is 20.2. The van der Waals surface area contributed by atoms with E-state index in [-0.39, 0.29) is 11.4 Å². The minimum atomic E-state index is -0.447. The van der Waals surface area contributed by atoms with Crippen LogP contribution in [-0.2, 0) is 0 Å². The second-order valence-electron chi connectivity index (χ2n) is 7.43. The second kappa shape index (κ2) is 8.08. The average Bonchev–Trinajstić information content (AvgIpc) is 3.45. The number of nitrogens with zero attached hydrogens (tertiary/aromatic N) is 3. The number of oxazole rings is 1. The minimum absolute atomic E-state index is 0.0221. The van der Waals surface area contributed by atoms with Gasteiger partial charge in [0.2, 0.25) is 5.89 Å². The number of fused-ring (bicyclic) bond motifs is 1. The van der Waals surface area contributed by atoms with Crippen LogP contribution >= 0.6 is 0 Å². The number of phenols is 1. The van der Waals surface area contributed by atoms with Gasteiger partial charge < -0.3 is 13.9 Å². The summed E-state index contributed by atoms with van der Waals surface area (Å²) in [6, 6.07) is 20.2. The fourth-order valence-corrected chi connectivity index (χ4v) is 3.47. The zero-order valence-electron chi connectivity index (χ0n) is 17.4. The van der Waals surface area contributed by atoms with Gasteiger partial charge in [0.15, 0.2) is 5.58 Å². The van der Waals surface area contributed by atoms with E-state index in [9.17, 15) is 15.2 Å². The van der Waals surface area contributed by atoms with Crippen molar-refractivity contribution in [2.45, 2.75) is 6.92 Å². The number of hydrogen-bond acceptors (Lipinski definition) is 7. The van der Waals surface area contributed by atoms with Gasteiger partial charge in [0.25, 0.3) is 5.69 Å². The lowest BCUT2D eigenvalue weighted by atomic mass is 10.1. The summed E-state index contributed by atoms with van der Waals surface area (Å²) in [4.78, 5) is 19.7. The van der Waals surface area contributed by atoms with Gasteiger partial charge in [-0.2, -0.15) is 0 Å². The summed E-state index contributed by atoms with van der Waals surface area (Å²) in [7, 11) is 0. The largest absolute Gasteiger partial charge is 0.507 e. The molecule has 0 fully saturated rings. The summed E-state index contributed by atoms with van der Waals surface area (Å²) in [6.45, 7) is 1.97. The van der Waals surface area contributed by atoms with Gasteiger partial charge in [-0.25, -0.2) is 4.98 Å². The molecule has 1 N–H and O–H groups in total. The third-order valence-electron chi connectivity index (χ3n) is 5.09. The van der Waals surface area contributed by atoms with E-state index in [1.54, 1.807) is 42.5 Å². The van der Waals surface area contributed by atoms with Crippen molar-refractivity contribution in [1.82, 2.24) is 4.98 Å². The highest BCUT2D eigenvalue weighted by Gasteiger charge is 2.17. The van der Waals surface area contributed by atoms with Crippen LogP contribution in [0.1, 0.15) is 11.3 Å². The molecule has 8 nitrogen and oxygen atoms in total. The van der Waals surface area contributed by atoms with E-state index in [0.29, 0.717) is 45.3 Å². The molecular formula is C25H17N3O5. The lowest BCUT2D eigenvalue weighted by molar-refractivity contribution is -0.384. The number of aromatic hydroxyl groups is 1. The molecule has 0 bridgehead atoms. The summed E-state index contributed by atoms with van der Waals surface area (Å²) in [5.74, 6) is 1.11. The highest BCUT2D eigenvalue weighted by Crippen LogP contribution is 2.35. The van der Waals surface area contributed by atoms with Gasteiger partial charge in [0.1, 0.15) is 22.8 Å². The van der Waals surface area contributed by atoms with Crippen molar-refractivity contribution in [3.8, 4) is 28.5 Å². The average molecular weight is 439 g/mol. The molecule has 0 aliphatic rings. The number of aryl methyl sites for hydroxylation is 1. The van der Waals surface area contributed by atoms with Crippen molar-refractivity contribution in [3.63, 3.8) is 0 Å². The van der Waals surface area contributed by atoms with Crippen LogP contribution in [0.3, 0.4) is 0 Å². The van der Waals surface area contributed by atoms with E-state index in [2.05, 4.69) is 9.98 Å². The monoisotopic (exact) mass is 439 g/mol. The molecule has 0 saturated heterocycles. The molecule has 0 spiro atoms. The van der Waals surface area contributed by atoms with Crippen molar-refractivity contribution < 1.29 is 18.9 Å². The molecule has 5 rings (SSSR count). The fourth-order valence-electron chi connectivity index (χ4n) is 3.47. The van der Waals surface area contributed by atoms with Crippen LogP contribution < -0.4 is 0 Å². The Morgan fingerprint density at radius 2 is 1.85 bits per heavy atom. The minimum Gasteiger partial charge on any atom is -0.507 e. The maximum Gasteiger partial charge on any atom is 0.280 e. The van der Waals surface area contributed by atoms with Crippen LogP contribution in [0, 0.1) is 17.0 Å². The fraction of sp³-hybridized carbons (Fsp3) is 0.0400. The van der Waals surface area contributed by atoms with E-state index in [1.165, 1.54) is 18.3 Å². The predicted octanol–water partition coefficient (Wildman–Crippen LogP) is 6.43. The van der Waals surface area contributed by atoms with Crippen LogP contribution in [0.5, 0.6) is 5.75 Å². The number of furan rings is 1. The number of aliphatic imine (C=N–C) groups is 1. The van der Waals surface area contributed by atoms with Crippen molar-refractivity contribution >= 4 is 28.7 Å². The van der Waals surface area contributed by atoms with Gasteiger partial charge in [0.05, 0.1) is 28.0 Å². The van der Waals surface area contributed by atoms with Gasteiger partial charge in [-0.3, -0.25) is 15.1 Å². The van der Waals surface area contributed by atoms with Gasteiger partial charge in [-0.15, -0.1) is 0 Å². The molecule has 5 aromatic rings. The number of aromatic nitrogens is 1. The van der Waals surface area contributed by atoms with Crippen LogP contribution in [0.25, 0.3) is 33.9 Å². The lowest BCUT2D eigenvalue weighted by Crippen LogP contribution is -1.90. The highest BCUT2D eigenvalue weighted by molar-refractivity contribution is 5.82. The van der Waals surface area contributed by atoms with Gasteiger partial charge in [0, 0.05) is 6.07 Å². The first-order chi connectivity index (χ1) is 16.0. The highest BCUT2D eigenvalue weighted by atomic mass is 16.6. The quantitative estimate of drug-likeness (QED) is 0.192. The summed E-state index contributed by atoms with van der Waals surface area (Å²) in [5, 5.41) is 21.6. The van der Waals surface area contributed by atoms with E-state index >= 15 is 0 Å². The Kier molecular flexibility index (Phi) is 4.95. The standard InChI is InChI=1S/C25H17N3O5/c1-15-6-10-24-20(12-15)27-25(33-24)19-13-16(7-9-22(19)29)26-14-17-8-11-23(32-17)18-4-2-3-5-21(18)28(30)31/h2-14,29H,1H3. The smallest absolute Gasteiger partial charge is 0.280 e. The molecular weight excluding hydrogens is 422 g/mol. The molecule has 3 aromatic carbocycles. The Balaban J connectivity index is 1.44. The number of phenolic OH excluding ortho intramolecular Hbond substituents is 1. The number of nitro groups is 1. The van der Waals surface area contributed by atoms with Crippen molar-refractivity contribution in [3.05, 3.63) is 94.2 Å². The molecule has 0 radical (unpaired) electrons. The molecule has 33 heavy (non-hydrogen) atoms. The third-order valence-corrected chi connectivity index (χ3v) is 5.09. The normalized spacial score (nSPS) is 11.4. The van der Waals surface area contributed by atoms with Gasteiger partial charge >= 0.3 is 0 Å². The maximum absolute atomic E-state index is 11.3. The van der Waals surface area contributed by atoms with Gasteiger partial charge in [-0.1, -0.05) is 18.2 Å². The van der Waals surface area contributed by atoms with Crippen LogP contribution in [0.2, 0.25) is 0 Å². The van der Waals surface area contributed by atoms with Crippen molar-refractivity contribution in [2.24, 2.45) is 4.99 Å². The lowest BCUT2D eigenvalue weighted by Gasteiger charge is -2.01. The Bertz CT molecular complexity index is 1530. The SMILES string of the molecule is Cc1ccc2oc(-c3cc(N=Cc4ccc(-c5ccccc5[N+](=O)[O-])o4)ccc3O)nc2c1. The zero-order valence-corrected chi connectivity index (χ0v) is 17.4. The Morgan fingerprint density at radius 1 is 1.00 bits per heavy atom. The summed E-state index contributed by atoms with van der Waals surface area (Å²) in [6.07, 6.45) is 1.50. The molecule has 2 aromatic heterocycles. The first-order valence-corrected chi connectivity index (χ1v) is 10.1. The Hall–Kier alpha value is -4.72. The summed E-state index contributed by atoms with van der Waals surface area (Å²) < 4.78 is 11.5. The Morgan fingerprint density at radius 3 is 2.70 bits per heavy atom. The molecule has 0 amide bonds. The van der Waals surface area contributed by atoms with Gasteiger partial charge in [-0.05, 0) is 61.0 Å². The van der Waals surface area contributed by atoms with Crippen LogP contribution in [-0.4, -0.2) is 21.2 Å². The summed E-state index contributed by atoms with van der Waals surface area (Å²) in [5.41, 5.74) is 3.71. The molecule has 0 aliphatic heterocycles. The topological polar surface area (TPSA) is 115 Å². The predicted molar refractivity (Wildman–Crippen MR) is 124 cm³/mol. The molecule has 162 valence electrons. The molecule has 0 aliphatic carbocycles. The van der Waals surface area contributed by atoms with E-state index < -0.39 is 4.92 Å².